The number of terminal acetylenes is 1. The number of furan rings is 1. The van der Waals surface area contributed by atoms with Gasteiger partial charge in [-0.2, -0.15) is 0 Å². The standard InChI is InChI=1S/C13H13NO/c1-3-12(14-4-2)11-9-15-13-8-6-5-7-10(11)13/h1,5-9,12,14H,4H2,2H3. The first kappa shape index (κ1) is 9.82. The van der Waals surface area contributed by atoms with Gasteiger partial charge in [0.1, 0.15) is 5.58 Å². The molecule has 2 nitrogen and oxygen atoms in total. The van der Waals surface area contributed by atoms with Crippen LogP contribution in [-0.2, 0) is 0 Å². The van der Waals surface area contributed by atoms with Gasteiger partial charge in [-0.15, -0.1) is 6.42 Å². The van der Waals surface area contributed by atoms with Crippen molar-refractivity contribution in [2.24, 2.45) is 0 Å². The molecule has 15 heavy (non-hydrogen) atoms. The number of benzene rings is 1. The Labute approximate surface area is 89.3 Å². The molecule has 0 fully saturated rings. The number of hydrogen-bond acceptors (Lipinski definition) is 2. The second kappa shape index (κ2) is 4.20. The average Bonchev–Trinajstić information content (AvgIpc) is 2.70. The van der Waals surface area contributed by atoms with Gasteiger partial charge in [0.05, 0.1) is 12.3 Å². The average molecular weight is 199 g/mol. The largest absolute Gasteiger partial charge is 0.464 e. The topological polar surface area (TPSA) is 25.2 Å². The number of rotatable bonds is 3. The van der Waals surface area contributed by atoms with E-state index in [-0.39, 0.29) is 6.04 Å². The zero-order valence-electron chi connectivity index (χ0n) is 8.66. The molecule has 76 valence electrons. The summed E-state index contributed by atoms with van der Waals surface area (Å²) in [6.07, 6.45) is 7.22. The summed E-state index contributed by atoms with van der Waals surface area (Å²) in [6.45, 7) is 2.88. The second-order valence-electron chi connectivity index (χ2n) is 3.34. The molecular formula is C13H13NO. The number of nitrogens with one attached hydrogen (secondary N) is 1. The van der Waals surface area contributed by atoms with Crippen LogP contribution in [0.5, 0.6) is 0 Å². The van der Waals surface area contributed by atoms with Crippen molar-refractivity contribution in [2.45, 2.75) is 13.0 Å². The molecule has 2 heteroatoms. The minimum Gasteiger partial charge on any atom is -0.464 e. The van der Waals surface area contributed by atoms with Crippen LogP contribution in [0.2, 0.25) is 0 Å². The van der Waals surface area contributed by atoms with E-state index in [9.17, 15) is 0 Å². The van der Waals surface area contributed by atoms with E-state index in [4.69, 9.17) is 10.8 Å². The van der Waals surface area contributed by atoms with Gasteiger partial charge in [0.2, 0.25) is 0 Å². The molecule has 0 saturated carbocycles. The first-order chi connectivity index (χ1) is 7.36. The molecule has 1 aromatic heterocycles. The maximum Gasteiger partial charge on any atom is 0.134 e. The van der Waals surface area contributed by atoms with Crippen LogP contribution in [0.1, 0.15) is 18.5 Å². The third kappa shape index (κ3) is 1.74. The lowest BCUT2D eigenvalue weighted by Gasteiger charge is -2.09. The van der Waals surface area contributed by atoms with Gasteiger partial charge in [-0.05, 0) is 12.6 Å². The van der Waals surface area contributed by atoms with Crippen molar-refractivity contribution < 1.29 is 4.42 Å². The number of hydrogen-bond donors (Lipinski definition) is 1. The van der Waals surface area contributed by atoms with Crippen molar-refractivity contribution in [2.75, 3.05) is 6.54 Å². The molecule has 2 rings (SSSR count). The SMILES string of the molecule is C#CC(NCC)c1coc2ccccc12. The van der Waals surface area contributed by atoms with Crippen LogP contribution < -0.4 is 5.32 Å². The van der Waals surface area contributed by atoms with E-state index >= 15 is 0 Å². The number of fused-ring (bicyclic) bond motifs is 1. The molecule has 0 bridgehead atoms. The molecular weight excluding hydrogens is 186 g/mol. The summed E-state index contributed by atoms with van der Waals surface area (Å²) >= 11 is 0. The quantitative estimate of drug-likeness (QED) is 0.769. The Hall–Kier alpha value is -1.72. The van der Waals surface area contributed by atoms with Crippen LogP contribution in [0.25, 0.3) is 11.0 Å². The third-order valence-corrected chi connectivity index (χ3v) is 2.40. The summed E-state index contributed by atoms with van der Waals surface area (Å²) in [7, 11) is 0. The minimum absolute atomic E-state index is 0.0707. The van der Waals surface area contributed by atoms with Gasteiger partial charge >= 0.3 is 0 Å². The van der Waals surface area contributed by atoms with Gasteiger partial charge in [0, 0.05) is 10.9 Å². The minimum atomic E-state index is -0.0707. The molecule has 0 aliphatic carbocycles. The predicted octanol–water partition coefficient (Wildman–Crippen LogP) is 2.72. The van der Waals surface area contributed by atoms with Crippen molar-refractivity contribution in [1.82, 2.24) is 5.32 Å². The van der Waals surface area contributed by atoms with Gasteiger partial charge < -0.3 is 9.73 Å². The van der Waals surface area contributed by atoms with E-state index in [1.54, 1.807) is 6.26 Å². The van der Waals surface area contributed by atoms with Crippen LogP contribution in [0.15, 0.2) is 34.9 Å². The highest BCUT2D eigenvalue weighted by Gasteiger charge is 2.12. The fourth-order valence-corrected chi connectivity index (χ4v) is 1.68. The van der Waals surface area contributed by atoms with Crippen molar-refractivity contribution in [3.63, 3.8) is 0 Å². The van der Waals surface area contributed by atoms with E-state index in [1.165, 1.54) is 0 Å². The van der Waals surface area contributed by atoms with Gasteiger partial charge in [0.15, 0.2) is 0 Å². The highest BCUT2D eigenvalue weighted by Crippen LogP contribution is 2.25. The first-order valence-electron chi connectivity index (χ1n) is 5.02. The van der Waals surface area contributed by atoms with Crippen molar-refractivity contribution in [1.29, 1.82) is 0 Å². The Morgan fingerprint density at radius 2 is 2.27 bits per heavy atom. The molecule has 1 N–H and O–H groups in total. The van der Waals surface area contributed by atoms with Gasteiger partial charge in [-0.3, -0.25) is 0 Å². The van der Waals surface area contributed by atoms with Gasteiger partial charge in [0.25, 0.3) is 0 Å². The Morgan fingerprint density at radius 3 is 3.00 bits per heavy atom. The lowest BCUT2D eigenvalue weighted by Crippen LogP contribution is -2.18. The molecule has 1 atom stereocenters. The monoisotopic (exact) mass is 199 g/mol. The predicted molar refractivity (Wildman–Crippen MR) is 61.5 cm³/mol. The number of para-hydroxylation sites is 1. The lowest BCUT2D eigenvalue weighted by atomic mass is 10.1. The summed E-state index contributed by atoms with van der Waals surface area (Å²) in [6, 6.07) is 7.83. The maximum atomic E-state index is 5.49. The fourth-order valence-electron chi connectivity index (χ4n) is 1.68. The smallest absolute Gasteiger partial charge is 0.134 e. The van der Waals surface area contributed by atoms with Crippen molar-refractivity contribution in [3.8, 4) is 12.3 Å². The van der Waals surface area contributed by atoms with E-state index in [0.717, 1.165) is 23.1 Å². The van der Waals surface area contributed by atoms with Crippen molar-refractivity contribution in [3.05, 3.63) is 36.1 Å². The zero-order valence-corrected chi connectivity index (χ0v) is 8.66. The maximum absolute atomic E-state index is 5.49. The Morgan fingerprint density at radius 1 is 1.47 bits per heavy atom. The molecule has 1 aromatic carbocycles. The normalized spacial score (nSPS) is 12.5. The van der Waals surface area contributed by atoms with Crippen LogP contribution >= 0.6 is 0 Å². The van der Waals surface area contributed by atoms with Gasteiger partial charge in [-0.1, -0.05) is 31.0 Å². The highest BCUT2D eigenvalue weighted by atomic mass is 16.3. The molecule has 0 amide bonds. The molecule has 1 heterocycles. The lowest BCUT2D eigenvalue weighted by molar-refractivity contribution is 0.595. The Bertz CT molecular complexity index is 492. The van der Waals surface area contributed by atoms with Crippen LogP contribution in [-0.4, -0.2) is 6.54 Å². The van der Waals surface area contributed by atoms with Crippen LogP contribution in [0, 0.1) is 12.3 Å². The molecule has 1 unspecified atom stereocenters. The van der Waals surface area contributed by atoms with Gasteiger partial charge in [-0.25, -0.2) is 0 Å². The third-order valence-electron chi connectivity index (χ3n) is 2.40. The molecule has 0 aliphatic rings. The van der Waals surface area contributed by atoms with Crippen molar-refractivity contribution >= 4 is 11.0 Å². The molecule has 0 saturated heterocycles. The molecule has 2 aromatic rings. The Kier molecular flexibility index (Phi) is 2.75. The van der Waals surface area contributed by atoms with Crippen LogP contribution in [0.4, 0.5) is 0 Å². The summed E-state index contributed by atoms with van der Waals surface area (Å²) in [5, 5.41) is 4.32. The Balaban J connectivity index is 2.47. The van der Waals surface area contributed by atoms with E-state index in [0.29, 0.717) is 0 Å². The first-order valence-corrected chi connectivity index (χ1v) is 5.02. The summed E-state index contributed by atoms with van der Waals surface area (Å²) < 4.78 is 5.44. The zero-order chi connectivity index (χ0) is 10.7. The van der Waals surface area contributed by atoms with Crippen LogP contribution in [0.3, 0.4) is 0 Å². The second-order valence-corrected chi connectivity index (χ2v) is 3.34. The summed E-state index contributed by atoms with van der Waals surface area (Å²) in [5.74, 6) is 2.73. The summed E-state index contributed by atoms with van der Waals surface area (Å²) in [5.41, 5.74) is 1.92. The van der Waals surface area contributed by atoms with E-state index in [2.05, 4.69) is 11.2 Å². The van der Waals surface area contributed by atoms with E-state index in [1.807, 2.05) is 31.2 Å². The molecule has 0 aliphatic heterocycles. The molecule has 0 radical (unpaired) electrons. The van der Waals surface area contributed by atoms with E-state index < -0.39 is 0 Å². The summed E-state index contributed by atoms with van der Waals surface area (Å²) in [4.78, 5) is 0. The molecule has 0 spiro atoms. The fraction of sp³-hybridized carbons (Fsp3) is 0.231. The highest BCUT2D eigenvalue weighted by molar-refractivity contribution is 5.81.